The number of benzene rings is 1. The molecule has 1 heterocycles. The number of hydrogen-bond acceptors (Lipinski definition) is 4. The first-order valence-corrected chi connectivity index (χ1v) is 9.69. The van der Waals surface area contributed by atoms with Crippen LogP contribution in [-0.2, 0) is 14.8 Å². The first-order valence-electron chi connectivity index (χ1n) is 7.49. The summed E-state index contributed by atoms with van der Waals surface area (Å²) in [7, 11) is -2.53. The maximum atomic E-state index is 13.0. The van der Waals surface area contributed by atoms with E-state index in [0.29, 0.717) is 6.42 Å². The van der Waals surface area contributed by atoms with Gasteiger partial charge in [0, 0.05) is 13.1 Å². The SMILES string of the molecule is COc1ccc(S(=O)(=O)N2C[C@@H]3CCC[C@@]3(C(=O)O)C2)c(Cl)c1Cl. The third-order valence-corrected chi connectivity index (χ3v) is 7.95. The lowest BCUT2D eigenvalue weighted by Crippen LogP contribution is -2.37. The zero-order valence-electron chi connectivity index (χ0n) is 13.0. The Morgan fingerprint density at radius 1 is 1.38 bits per heavy atom. The van der Waals surface area contributed by atoms with E-state index < -0.39 is 21.4 Å². The molecule has 1 saturated carbocycles. The molecule has 1 saturated heterocycles. The number of methoxy groups -OCH3 is 1. The standard InChI is InChI=1S/C15H17Cl2NO5S/c1-23-10-4-5-11(13(17)12(10)16)24(21,22)18-7-9-3-2-6-15(9,8-18)14(19)20/h4-5,9H,2-3,6-8H2,1H3,(H,19,20)/t9-,15+/m0/s1. The predicted molar refractivity (Wildman–Crippen MR) is 89.2 cm³/mol. The summed E-state index contributed by atoms with van der Waals surface area (Å²) in [5, 5.41) is 9.52. The van der Waals surface area contributed by atoms with Gasteiger partial charge in [0.05, 0.1) is 17.5 Å². The van der Waals surface area contributed by atoms with Crippen molar-refractivity contribution in [3.05, 3.63) is 22.2 Å². The summed E-state index contributed by atoms with van der Waals surface area (Å²) in [6.45, 7) is 0.157. The van der Waals surface area contributed by atoms with Gasteiger partial charge < -0.3 is 9.84 Å². The van der Waals surface area contributed by atoms with E-state index in [2.05, 4.69) is 0 Å². The molecule has 3 rings (SSSR count). The van der Waals surface area contributed by atoms with Crippen LogP contribution in [0.15, 0.2) is 17.0 Å². The van der Waals surface area contributed by atoms with Gasteiger partial charge in [-0.15, -0.1) is 0 Å². The Morgan fingerprint density at radius 3 is 2.67 bits per heavy atom. The molecule has 6 nitrogen and oxygen atoms in total. The van der Waals surface area contributed by atoms with Gasteiger partial charge in [0.25, 0.3) is 0 Å². The lowest BCUT2D eigenvalue weighted by Gasteiger charge is -2.23. The van der Waals surface area contributed by atoms with E-state index in [4.69, 9.17) is 27.9 Å². The minimum absolute atomic E-state index is 0.0209. The molecule has 0 spiro atoms. The summed E-state index contributed by atoms with van der Waals surface area (Å²) in [6, 6.07) is 2.77. The number of aliphatic carboxylic acids is 1. The molecule has 24 heavy (non-hydrogen) atoms. The topological polar surface area (TPSA) is 83.9 Å². The van der Waals surface area contributed by atoms with E-state index >= 15 is 0 Å². The molecule has 1 aromatic rings. The fourth-order valence-corrected chi connectivity index (χ4v) is 6.16. The van der Waals surface area contributed by atoms with Gasteiger partial charge in [0.2, 0.25) is 10.0 Å². The molecule has 2 atom stereocenters. The minimum atomic E-state index is -3.93. The summed E-state index contributed by atoms with van der Waals surface area (Å²) in [4.78, 5) is 11.6. The molecular formula is C15H17Cl2NO5S. The number of fused-ring (bicyclic) bond motifs is 1. The molecule has 1 aromatic carbocycles. The summed E-state index contributed by atoms with van der Waals surface area (Å²) in [5.41, 5.74) is -0.990. The summed E-state index contributed by atoms with van der Waals surface area (Å²) in [5.74, 6) is -0.820. The van der Waals surface area contributed by atoms with Gasteiger partial charge in [-0.25, -0.2) is 8.42 Å². The highest BCUT2D eigenvalue weighted by atomic mass is 35.5. The Bertz CT molecular complexity index is 797. The van der Waals surface area contributed by atoms with Gasteiger partial charge in [-0.3, -0.25) is 4.79 Å². The first kappa shape index (κ1) is 17.8. The largest absolute Gasteiger partial charge is 0.495 e. The molecule has 0 bridgehead atoms. The quantitative estimate of drug-likeness (QED) is 0.849. The van der Waals surface area contributed by atoms with E-state index in [1.165, 1.54) is 23.5 Å². The molecule has 9 heteroatoms. The van der Waals surface area contributed by atoms with Crippen molar-refractivity contribution in [2.45, 2.75) is 24.2 Å². The van der Waals surface area contributed by atoms with Crippen LogP contribution in [0, 0.1) is 11.3 Å². The highest BCUT2D eigenvalue weighted by molar-refractivity contribution is 7.89. The number of carbonyl (C=O) groups is 1. The Labute approximate surface area is 150 Å². The van der Waals surface area contributed by atoms with Gasteiger partial charge in [0.15, 0.2) is 0 Å². The third-order valence-electron chi connectivity index (χ3n) is 5.11. The molecule has 0 amide bonds. The molecule has 1 aliphatic heterocycles. The van der Waals surface area contributed by atoms with Crippen molar-refractivity contribution in [2.75, 3.05) is 20.2 Å². The molecule has 0 unspecified atom stereocenters. The minimum Gasteiger partial charge on any atom is -0.495 e. The molecule has 1 aliphatic carbocycles. The second-order valence-corrected chi connectivity index (χ2v) is 8.90. The Balaban J connectivity index is 1.99. The van der Waals surface area contributed by atoms with Crippen molar-refractivity contribution in [3.8, 4) is 5.75 Å². The highest BCUT2D eigenvalue weighted by Gasteiger charge is 2.57. The number of rotatable bonds is 4. The monoisotopic (exact) mass is 393 g/mol. The number of ether oxygens (including phenoxy) is 1. The number of nitrogens with zero attached hydrogens (tertiary/aromatic N) is 1. The van der Waals surface area contributed by atoms with Crippen molar-refractivity contribution in [3.63, 3.8) is 0 Å². The van der Waals surface area contributed by atoms with Crippen molar-refractivity contribution < 1.29 is 23.1 Å². The Kier molecular flexibility index (Phi) is 4.49. The van der Waals surface area contributed by atoms with Crippen LogP contribution >= 0.6 is 23.2 Å². The predicted octanol–water partition coefficient (Wildman–Crippen LogP) is 2.88. The van der Waals surface area contributed by atoms with E-state index in [1.54, 1.807) is 0 Å². The van der Waals surface area contributed by atoms with Crippen LogP contribution in [0.25, 0.3) is 0 Å². The van der Waals surface area contributed by atoms with Crippen LogP contribution in [0.1, 0.15) is 19.3 Å². The number of sulfonamides is 1. The van der Waals surface area contributed by atoms with E-state index in [-0.39, 0.29) is 39.7 Å². The molecule has 2 aliphatic rings. The Hall–Kier alpha value is -1.02. The van der Waals surface area contributed by atoms with Crippen LogP contribution < -0.4 is 4.74 Å². The van der Waals surface area contributed by atoms with Crippen LogP contribution in [0.3, 0.4) is 0 Å². The second-order valence-electron chi connectivity index (χ2n) is 6.24. The normalized spacial score (nSPS) is 27.2. The van der Waals surface area contributed by atoms with E-state index in [1.807, 2.05) is 0 Å². The summed E-state index contributed by atoms with van der Waals surface area (Å²) < 4.78 is 32.1. The maximum Gasteiger partial charge on any atom is 0.311 e. The van der Waals surface area contributed by atoms with Gasteiger partial charge in [-0.1, -0.05) is 29.6 Å². The summed E-state index contributed by atoms with van der Waals surface area (Å²) >= 11 is 12.2. The number of hydrogen-bond donors (Lipinski definition) is 1. The van der Waals surface area contributed by atoms with Crippen molar-refractivity contribution in [1.82, 2.24) is 4.31 Å². The number of carboxylic acids is 1. The molecule has 0 aromatic heterocycles. The van der Waals surface area contributed by atoms with Crippen LogP contribution in [0.5, 0.6) is 5.75 Å². The van der Waals surface area contributed by atoms with Crippen molar-refractivity contribution in [2.24, 2.45) is 11.3 Å². The molecule has 132 valence electrons. The fraction of sp³-hybridized carbons (Fsp3) is 0.533. The molecular weight excluding hydrogens is 377 g/mol. The average molecular weight is 394 g/mol. The van der Waals surface area contributed by atoms with Crippen molar-refractivity contribution in [1.29, 1.82) is 0 Å². The first-order chi connectivity index (χ1) is 11.2. The third kappa shape index (κ3) is 2.49. The van der Waals surface area contributed by atoms with Gasteiger partial charge in [0.1, 0.15) is 15.7 Å². The molecule has 2 fully saturated rings. The number of carboxylic acid groups (broad SMARTS) is 1. The van der Waals surface area contributed by atoms with Crippen molar-refractivity contribution >= 4 is 39.2 Å². The zero-order valence-corrected chi connectivity index (χ0v) is 15.3. The van der Waals surface area contributed by atoms with Crippen LogP contribution in [0.2, 0.25) is 10.0 Å². The second kappa shape index (κ2) is 6.05. The number of halogens is 2. The fourth-order valence-electron chi connectivity index (χ4n) is 3.79. The van der Waals surface area contributed by atoms with Crippen LogP contribution in [0.4, 0.5) is 0 Å². The molecule has 1 N–H and O–H groups in total. The van der Waals surface area contributed by atoms with Gasteiger partial charge >= 0.3 is 5.97 Å². The van der Waals surface area contributed by atoms with Crippen LogP contribution in [-0.4, -0.2) is 44.0 Å². The summed E-state index contributed by atoms with van der Waals surface area (Å²) in [6.07, 6.45) is 2.02. The van der Waals surface area contributed by atoms with E-state index in [0.717, 1.165) is 12.8 Å². The highest BCUT2D eigenvalue weighted by Crippen LogP contribution is 2.50. The smallest absolute Gasteiger partial charge is 0.311 e. The lowest BCUT2D eigenvalue weighted by molar-refractivity contribution is -0.149. The van der Waals surface area contributed by atoms with Gasteiger partial charge in [-0.2, -0.15) is 4.31 Å². The Morgan fingerprint density at radius 2 is 2.08 bits per heavy atom. The molecule has 0 radical (unpaired) electrons. The average Bonchev–Trinajstić information content (AvgIpc) is 3.08. The zero-order chi connectivity index (χ0) is 17.7. The van der Waals surface area contributed by atoms with E-state index in [9.17, 15) is 18.3 Å². The van der Waals surface area contributed by atoms with Gasteiger partial charge in [-0.05, 0) is 30.9 Å². The lowest BCUT2D eigenvalue weighted by atomic mass is 9.81. The maximum absolute atomic E-state index is 13.0.